The van der Waals surface area contributed by atoms with Gasteiger partial charge < -0.3 is 5.32 Å². The monoisotopic (exact) mass is 279 g/mol. The van der Waals surface area contributed by atoms with Crippen LogP contribution in [0, 0.1) is 0 Å². The molecule has 1 aliphatic rings. The van der Waals surface area contributed by atoms with E-state index in [9.17, 15) is 0 Å². The highest BCUT2D eigenvalue weighted by Gasteiger charge is 2.29. The number of hydrogen-bond donors (Lipinski definition) is 1. The molecule has 1 unspecified atom stereocenters. The van der Waals surface area contributed by atoms with Crippen molar-refractivity contribution in [3.63, 3.8) is 0 Å². The molecule has 18 heavy (non-hydrogen) atoms. The Labute approximate surface area is 115 Å². The SMILES string of the molecule is CC(C)c1csc(C(NC2CC2)c2cscn2)n1. The van der Waals surface area contributed by atoms with E-state index in [1.54, 1.807) is 22.7 Å². The lowest BCUT2D eigenvalue weighted by molar-refractivity contribution is 0.585. The third kappa shape index (κ3) is 2.63. The van der Waals surface area contributed by atoms with E-state index in [0.29, 0.717) is 12.0 Å². The topological polar surface area (TPSA) is 37.8 Å². The van der Waals surface area contributed by atoms with E-state index >= 15 is 0 Å². The summed E-state index contributed by atoms with van der Waals surface area (Å²) in [6.45, 7) is 4.37. The van der Waals surface area contributed by atoms with Crippen LogP contribution >= 0.6 is 22.7 Å². The summed E-state index contributed by atoms with van der Waals surface area (Å²) in [5.41, 5.74) is 4.19. The lowest BCUT2D eigenvalue weighted by Crippen LogP contribution is -2.24. The molecular weight excluding hydrogens is 262 g/mol. The van der Waals surface area contributed by atoms with Crippen LogP contribution in [0.4, 0.5) is 0 Å². The molecule has 0 bridgehead atoms. The Bertz CT molecular complexity index is 500. The smallest absolute Gasteiger partial charge is 0.116 e. The number of aromatic nitrogens is 2. The van der Waals surface area contributed by atoms with E-state index in [1.807, 2.05) is 5.51 Å². The maximum absolute atomic E-state index is 4.77. The van der Waals surface area contributed by atoms with Crippen molar-refractivity contribution in [1.29, 1.82) is 0 Å². The van der Waals surface area contributed by atoms with Gasteiger partial charge in [-0.2, -0.15) is 0 Å². The molecule has 1 atom stereocenters. The number of hydrogen-bond acceptors (Lipinski definition) is 5. The van der Waals surface area contributed by atoms with Crippen LogP contribution in [0.25, 0.3) is 0 Å². The molecule has 0 spiro atoms. The van der Waals surface area contributed by atoms with Crippen LogP contribution in [0.15, 0.2) is 16.3 Å². The van der Waals surface area contributed by atoms with Gasteiger partial charge in [-0.15, -0.1) is 22.7 Å². The molecule has 1 saturated carbocycles. The summed E-state index contributed by atoms with van der Waals surface area (Å²) in [7, 11) is 0. The van der Waals surface area contributed by atoms with Gasteiger partial charge in [0.25, 0.3) is 0 Å². The van der Waals surface area contributed by atoms with Crippen LogP contribution in [0.3, 0.4) is 0 Å². The van der Waals surface area contributed by atoms with Crippen molar-refractivity contribution in [2.24, 2.45) is 0 Å². The van der Waals surface area contributed by atoms with Gasteiger partial charge in [-0.3, -0.25) is 0 Å². The first-order chi connectivity index (χ1) is 8.74. The fraction of sp³-hybridized carbons (Fsp3) is 0.538. The number of rotatable bonds is 5. The predicted molar refractivity (Wildman–Crippen MR) is 76.3 cm³/mol. The lowest BCUT2D eigenvalue weighted by Gasteiger charge is -2.13. The first-order valence-corrected chi connectivity index (χ1v) is 8.15. The highest BCUT2D eigenvalue weighted by Crippen LogP contribution is 2.31. The maximum Gasteiger partial charge on any atom is 0.116 e. The van der Waals surface area contributed by atoms with Gasteiger partial charge in [0.15, 0.2) is 0 Å². The quantitative estimate of drug-likeness (QED) is 0.909. The van der Waals surface area contributed by atoms with Crippen LogP contribution in [0.5, 0.6) is 0 Å². The fourth-order valence-corrected chi connectivity index (χ4v) is 3.46. The number of thiazole rings is 2. The zero-order valence-electron chi connectivity index (χ0n) is 10.6. The van der Waals surface area contributed by atoms with Crippen molar-refractivity contribution < 1.29 is 0 Å². The summed E-state index contributed by atoms with van der Waals surface area (Å²) in [6, 6.07) is 0.837. The Morgan fingerprint density at radius 2 is 2.11 bits per heavy atom. The molecule has 1 fully saturated rings. The van der Waals surface area contributed by atoms with E-state index in [4.69, 9.17) is 4.98 Å². The van der Waals surface area contributed by atoms with Crippen LogP contribution in [0.1, 0.15) is 55.0 Å². The van der Waals surface area contributed by atoms with Gasteiger partial charge in [0.2, 0.25) is 0 Å². The average molecular weight is 279 g/mol. The van der Waals surface area contributed by atoms with E-state index < -0.39 is 0 Å². The van der Waals surface area contributed by atoms with E-state index in [1.165, 1.54) is 18.5 Å². The normalized spacial score (nSPS) is 17.3. The molecule has 0 amide bonds. The number of nitrogens with zero attached hydrogens (tertiary/aromatic N) is 2. The molecule has 1 aliphatic carbocycles. The molecule has 0 saturated heterocycles. The first-order valence-electron chi connectivity index (χ1n) is 6.33. The van der Waals surface area contributed by atoms with E-state index in [-0.39, 0.29) is 6.04 Å². The van der Waals surface area contributed by atoms with Crippen molar-refractivity contribution in [2.45, 2.75) is 44.7 Å². The fourth-order valence-electron chi connectivity index (χ4n) is 1.83. The van der Waals surface area contributed by atoms with Crippen molar-refractivity contribution in [1.82, 2.24) is 15.3 Å². The van der Waals surface area contributed by atoms with Gasteiger partial charge in [0, 0.05) is 16.8 Å². The third-order valence-electron chi connectivity index (χ3n) is 3.11. The minimum atomic E-state index is 0.182. The molecule has 2 aromatic heterocycles. The van der Waals surface area contributed by atoms with Gasteiger partial charge in [-0.1, -0.05) is 13.8 Å². The average Bonchev–Trinajstić information content (AvgIpc) is 2.87. The van der Waals surface area contributed by atoms with Gasteiger partial charge >= 0.3 is 0 Å². The van der Waals surface area contributed by atoms with Gasteiger partial charge in [-0.25, -0.2) is 9.97 Å². The molecule has 0 aliphatic heterocycles. The first kappa shape index (κ1) is 12.3. The van der Waals surface area contributed by atoms with Crippen molar-refractivity contribution in [2.75, 3.05) is 0 Å². The Kier molecular flexibility index (Phi) is 3.46. The molecule has 0 radical (unpaired) electrons. The Morgan fingerprint density at radius 1 is 1.28 bits per heavy atom. The van der Waals surface area contributed by atoms with Crippen LogP contribution < -0.4 is 5.32 Å². The van der Waals surface area contributed by atoms with E-state index in [2.05, 4.69) is 34.9 Å². The summed E-state index contributed by atoms with van der Waals surface area (Å²) in [6.07, 6.45) is 2.56. The molecule has 3 nitrogen and oxygen atoms in total. The Hall–Kier alpha value is -0.780. The Morgan fingerprint density at radius 3 is 2.67 bits per heavy atom. The highest BCUT2D eigenvalue weighted by molar-refractivity contribution is 7.10. The summed E-state index contributed by atoms with van der Waals surface area (Å²) < 4.78 is 0. The van der Waals surface area contributed by atoms with Gasteiger partial charge in [-0.05, 0) is 18.8 Å². The van der Waals surface area contributed by atoms with Crippen molar-refractivity contribution in [3.8, 4) is 0 Å². The second-order valence-corrected chi connectivity index (χ2v) is 6.66. The third-order valence-corrected chi connectivity index (χ3v) is 4.64. The standard InChI is InChI=1S/C13H17N3S2/c1-8(2)10-6-18-13(16-10)12(15-9-3-4-9)11-5-17-7-14-11/h5-9,12,15H,3-4H2,1-2H3. The summed E-state index contributed by atoms with van der Waals surface area (Å²) >= 11 is 3.39. The largest absolute Gasteiger partial charge is 0.300 e. The van der Waals surface area contributed by atoms with Crippen molar-refractivity contribution >= 4 is 22.7 Å². The molecule has 0 aromatic carbocycles. The summed E-state index contributed by atoms with van der Waals surface area (Å²) in [4.78, 5) is 9.22. The molecule has 1 N–H and O–H groups in total. The zero-order chi connectivity index (χ0) is 12.5. The second kappa shape index (κ2) is 5.07. The van der Waals surface area contributed by atoms with E-state index in [0.717, 1.165) is 10.7 Å². The summed E-state index contributed by atoms with van der Waals surface area (Å²) in [5.74, 6) is 0.493. The molecule has 2 aromatic rings. The molecule has 96 valence electrons. The minimum absolute atomic E-state index is 0.182. The number of nitrogens with one attached hydrogen (secondary N) is 1. The minimum Gasteiger partial charge on any atom is -0.300 e. The lowest BCUT2D eigenvalue weighted by atomic mass is 10.1. The van der Waals surface area contributed by atoms with Crippen LogP contribution in [-0.4, -0.2) is 16.0 Å². The molecule has 3 rings (SSSR count). The highest BCUT2D eigenvalue weighted by atomic mass is 32.1. The zero-order valence-corrected chi connectivity index (χ0v) is 12.2. The maximum atomic E-state index is 4.77. The Balaban J connectivity index is 1.86. The van der Waals surface area contributed by atoms with Gasteiger partial charge in [0.1, 0.15) is 11.0 Å². The predicted octanol–water partition coefficient (Wildman–Crippen LogP) is 3.56. The molecule has 5 heteroatoms. The second-order valence-electron chi connectivity index (χ2n) is 5.05. The summed E-state index contributed by atoms with van der Waals surface area (Å²) in [5, 5.41) is 9.10. The van der Waals surface area contributed by atoms with Crippen LogP contribution in [0.2, 0.25) is 0 Å². The van der Waals surface area contributed by atoms with Crippen molar-refractivity contribution in [3.05, 3.63) is 32.7 Å². The van der Waals surface area contributed by atoms with Gasteiger partial charge in [0.05, 0.1) is 16.9 Å². The van der Waals surface area contributed by atoms with Crippen LogP contribution in [-0.2, 0) is 0 Å². The molecule has 2 heterocycles. The molecular formula is C13H17N3S2.